The van der Waals surface area contributed by atoms with E-state index in [4.69, 9.17) is 14.2 Å². The molecule has 1 amide bonds. The van der Waals surface area contributed by atoms with Crippen molar-refractivity contribution in [2.24, 2.45) is 0 Å². The largest absolute Gasteiger partial charge is 0.491 e. The Morgan fingerprint density at radius 2 is 2.10 bits per heavy atom. The van der Waals surface area contributed by atoms with E-state index in [1.807, 2.05) is 27.7 Å². The molecule has 1 fully saturated rings. The van der Waals surface area contributed by atoms with Crippen LogP contribution in [0.5, 0.6) is 5.75 Å². The molecule has 0 saturated carbocycles. The summed E-state index contributed by atoms with van der Waals surface area (Å²) in [6.07, 6.45) is 1.02. The first-order valence-electron chi connectivity index (χ1n) is 9.64. The van der Waals surface area contributed by atoms with Gasteiger partial charge in [-0.15, -0.1) is 11.3 Å². The lowest BCUT2D eigenvalue weighted by Gasteiger charge is -2.34. The van der Waals surface area contributed by atoms with Crippen LogP contribution in [0.2, 0.25) is 0 Å². The van der Waals surface area contributed by atoms with Gasteiger partial charge < -0.3 is 24.2 Å². The second kappa shape index (κ2) is 9.01. The highest BCUT2D eigenvalue weighted by molar-refractivity contribution is 7.14. The number of carbonyl (C=O) groups is 2. The van der Waals surface area contributed by atoms with Gasteiger partial charge in [0.05, 0.1) is 18.7 Å². The molecule has 1 N–H and O–H groups in total. The number of ether oxygens (including phenoxy) is 3. The lowest BCUT2D eigenvalue weighted by Crippen LogP contribution is -2.49. The minimum atomic E-state index is -1.04. The standard InChI is InChI=1S/C21H26N2O6S/c1-13-10-22-18(30-13)14-7-15(19(24)25)9-16(8-14)28-12-17-11-23(5-6-27-17)20(26)29-21(2,3)4/h7-10,17H,5-6,11-12H2,1-4H3,(H,24,25). The quantitative estimate of drug-likeness (QED) is 0.764. The zero-order valence-corrected chi connectivity index (χ0v) is 18.3. The number of aromatic carboxylic acids is 1. The van der Waals surface area contributed by atoms with Gasteiger partial charge in [-0.1, -0.05) is 0 Å². The Labute approximate surface area is 179 Å². The summed E-state index contributed by atoms with van der Waals surface area (Å²) in [7, 11) is 0. The summed E-state index contributed by atoms with van der Waals surface area (Å²) in [6.45, 7) is 8.76. The van der Waals surface area contributed by atoms with Gasteiger partial charge in [-0.25, -0.2) is 14.6 Å². The van der Waals surface area contributed by atoms with Crippen LogP contribution >= 0.6 is 11.3 Å². The molecule has 1 aliphatic rings. The highest BCUT2D eigenvalue weighted by atomic mass is 32.1. The average molecular weight is 435 g/mol. The van der Waals surface area contributed by atoms with E-state index >= 15 is 0 Å². The molecular weight excluding hydrogens is 408 g/mol. The average Bonchev–Trinajstić information content (AvgIpc) is 3.11. The Bertz CT molecular complexity index is 920. The van der Waals surface area contributed by atoms with E-state index in [1.54, 1.807) is 23.2 Å². The van der Waals surface area contributed by atoms with Gasteiger partial charge in [-0.05, 0) is 45.9 Å². The van der Waals surface area contributed by atoms with E-state index in [1.165, 1.54) is 17.4 Å². The lowest BCUT2D eigenvalue weighted by molar-refractivity contribution is -0.0557. The van der Waals surface area contributed by atoms with Crippen LogP contribution in [-0.4, -0.2) is 65.1 Å². The van der Waals surface area contributed by atoms with Crippen LogP contribution < -0.4 is 4.74 Å². The predicted molar refractivity (Wildman–Crippen MR) is 112 cm³/mol. The van der Waals surface area contributed by atoms with Crippen molar-refractivity contribution >= 4 is 23.4 Å². The number of carboxylic acid groups (broad SMARTS) is 1. The Hall–Kier alpha value is -2.65. The number of nitrogens with zero attached hydrogens (tertiary/aromatic N) is 2. The molecule has 1 unspecified atom stereocenters. The number of morpholine rings is 1. The number of aromatic nitrogens is 1. The summed E-state index contributed by atoms with van der Waals surface area (Å²) in [5.74, 6) is -0.629. The van der Waals surface area contributed by atoms with E-state index < -0.39 is 11.6 Å². The van der Waals surface area contributed by atoms with Gasteiger partial charge in [0.25, 0.3) is 0 Å². The first kappa shape index (κ1) is 22.0. The third-order valence-corrected chi connectivity index (χ3v) is 5.21. The highest BCUT2D eigenvalue weighted by Crippen LogP contribution is 2.29. The summed E-state index contributed by atoms with van der Waals surface area (Å²) >= 11 is 1.48. The molecule has 1 atom stereocenters. The summed E-state index contributed by atoms with van der Waals surface area (Å²) in [5.41, 5.74) is 0.238. The molecule has 162 valence electrons. The summed E-state index contributed by atoms with van der Waals surface area (Å²) in [5, 5.41) is 10.2. The van der Waals surface area contributed by atoms with Crippen LogP contribution in [0.1, 0.15) is 36.0 Å². The smallest absolute Gasteiger partial charge is 0.410 e. The van der Waals surface area contributed by atoms with Crippen LogP contribution in [0, 0.1) is 6.92 Å². The molecule has 8 nitrogen and oxygen atoms in total. The molecule has 1 saturated heterocycles. The molecule has 1 aromatic carbocycles. The van der Waals surface area contributed by atoms with Crippen LogP contribution in [0.3, 0.4) is 0 Å². The molecule has 0 bridgehead atoms. The maximum atomic E-state index is 12.3. The Morgan fingerprint density at radius 1 is 1.33 bits per heavy atom. The summed E-state index contributed by atoms with van der Waals surface area (Å²) < 4.78 is 17.0. The molecule has 3 rings (SSSR count). The van der Waals surface area contributed by atoms with Gasteiger partial charge in [-0.2, -0.15) is 0 Å². The fraction of sp³-hybridized carbons (Fsp3) is 0.476. The Kier molecular flexibility index (Phi) is 6.62. The van der Waals surface area contributed by atoms with Crippen LogP contribution in [0.15, 0.2) is 24.4 Å². The number of thiazole rings is 1. The number of aryl methyl sites for hydroxylation is 1. The van der Waals surface area contributed by atoms with Crippen molar-refractivity contribution in [2.75, 3.05) is 26.3 Å². The van der Waals surface area contributed by atoms with Gasteiger partial charge in [0.15, 0.2) is 0 Å². The molecule has 2 aromatic rings. The van der Waals surface area contributed by atoms with Gasteiger partial charge in [0, 0.05) is 23.2 Å². The van der Waals surface area contributed by atoms with E-state index in [0.29, 0.717) is 31.0 Å². The molecule has 1 aliphatic heterocycles. The Balaban J connectivity index is 1.68. The second-order valence-electron chi connectivity index (χ2n) is 8.06. The van der Waals surface area contributed by atoms with Crippen molar-refractivity contribution in [3.8, 4) is 16.3 Å². The third kappa shape index (κ3) is 5.93. The molecule has 1 aromatic heterocycles. The fourth-order valence-corrected chi connectivity index (χ4v) is 3.67. The monoisotopic (exact) mass is 434 g/mol. The van der Waals surface area contributed by atoms with Gasteiger partial charge in [0.1, 0.15) is 29.1 Å². The zero-order chi connectivity index (χ0) is 21.9. The molecule has 0 aliphatic carbocycles. The molecule has 30 heavy (non-hydrogen) atoms. The van der Waals surface area contributed by atoms with Crippen LogP contribution in [0.4, 0.5) is 4.79 Å². The van der Waals surface area contributed by atoms with Crippen molar-refractivity contribution in [2.45, 2.75) is 39.4 Å². The van der Waals surface area contributed by atoms with Crippen molar-refractivity contribution in [1.29, 1.82) is 0 Å². The SMILES string of the molecule is Cc1cnc(-c2cc(OCC3CN(C(=O)OC(C)(C)C)CCO3)cc(C(=O)O)c2)s1. The number of amides is 1. The molecule has 0 spiro atoms. The lowest BCUT2D eigenvalue weighted by atomic mass is 10.1. The first-order chi connectivity index (χ1) is 14.1. The molecule has 9 heteroatoms. The van der Waals surface area contributed by atoms with Crippen molar-refractivity contribution in [1.82, 2.24) is 9.88 Å². The fourth-order valence-electron chi connectivity index (χ4n) is 2.92. The number of benzene rings is 1. The van der Waals surface area contributed by atoms with Crippen molar-refractivity contribution in [3.63, 3.8) is 0 Å². The summed E-state index contributed by atoms with van der Waals surface area (Å²) in [6, 6.07) is 4.81. The number of rotatable bonds is 5. The minimum absolute atomic E-state index is 0.121. The third-order valence-electron chi connectivity index (χ3n) is 4.25. The van der Waals surface area contributed by atoms with Crippen molar-refractivity contribution in [3.05, 3.63) is 34.8 Å². The highest BCUT2D eigenvalue weighted by Gasteiger charge is 2.28. The first-order valence-corrected chi connectivity index (χ1v) is 10.5. The topological polar surface area (TPSA) is 98.2 Å². The molecular formula is C21H26N2O6S. The normalized spacial score (nSPS) is 16.9. The maximum Gasteiger partial charge on any atom is 0.410 e. The molecule has 0 radical (unpaired) electrons. The van der Waals surface area contributed by atoms with E-state index in [2.05, 4.69) is 4.98 Å². The number of hydrogen-bond acceptors (Lipinski definition) is 7. The van der Waals surface area contributed by atoms with Crippen LogP contribution in [-0.2, 0) is 9.47 Å². The maximum absolute atomic E-state index is 12.3. The summed E-state index contributed by atoms with van der Waals surface area (Å²) in [4.78, 5) is 30.8. The molecule has 2 heterocycles. The predicted octanol–water partition coefficient (Wildman–Crippen LogP) is 3.83. The van der Waals surface area contributed by atoms with Gasteiger partial charge in [-0.3, -0.25) is 0 Å². The number of hydrogen-bond donors (Lipinski definition) is 1. The minimum Gasteiger partial charge on any atom is -0.491 e. The van der Waals surface area contributed by atoms with E-state index in [-0.39, 0.29) is 24.4 Å². The van der Waals surface area contributed by atoms with E-state index in [0.717, 1.165) is 9.88 Å². The zero-order valence-electron chi connectivity index (χ0n) is 17.5. The second-order valence-corrected chi connectivity index (χ2v) is 9.29. The van der Waals surface area contributed by atoms with Gasteiger partial charge in [0.2, 0.25) is 0 Å². The van der Waals surface area contributed by atoms with E-state index in [9.17, 15) is 14.7 Å². The number of carbonyl (C=O) groups excluding carboxylic acids is 1. The number of carboxylic acids is 1. The van der Waals surface area contributed by atoms with Crippen molar-refractivity contribution < 1.29 is 28.9 Å². The van der Waals surface area contributed by atoms with Crippen LogP contribution in [0.25, 0.3) is 10.6 Å². The Morgan fingerprint density at radius 3 is 2.73 bits per heavy atom. The van der Waals surface area contributed by atoms with Gasteiger partial charge >= 0.3 is 12.1 Å².